The molecule has 1 aromatic heterocycles. The molecular formula is C18H25N3O2. The predicted octanol–water partition coefficient (Wildman–Crippen LogP) is 1.91. The van der Waals surface area contributed by atoms with Crippen LogP contribution in [0, 0.1) is 11.8 Å². The van der Waals surface area contributed by atoms with E-state index in [4.69, 9.17) is 0 Å². The molecule has 0 bridgehead atoms. The zero-order valence-electron chi connectivity index (χ0n) is 13.7. The predicted molar refractivity (Wildman–Crippen MR) is 88.4 cm³/mol. The minimum absolute atomic E-state index is 0.107. The van der Waals surface area contributed by atoms with Gasteiger partial charge in [-0.25, -0.2) is 4.98 Å². The van der Waals surface area contributed by atoms with Crippen LogP contribution in [0.2, 0.25) is 0 Å². The molecule has 3 aliphatic rings. The highest BCUT2D eigenvalue weighted by Gasteiger charge is 2.52. The van der Waals surface area contributed by atoms with Gasteiger partial charge < -0.3 is 14.9 Å². The van der Waals surface area contributed by atoms with Crippen molar-refractivity contribution in [2.45, 2.75) is 38.2 Å². The fourth-order valence-electron chi connectivity index (χ4n) is 4.13. The van der Waals surface area contributed by atoms with E-state index in [9.17, 15) is 9.90 Å². The van der Waals surface area contributed by atoms with Gasteiger partial charge >= 0.3 is 0 Å². The first-order valence-electron chi connectivity index (χ1n) is 8.80. The lowest BCUT2D eigenvalue weighted by Gasteiger charge is -2.26. The van der Waals surface area contributed by atoms with Gasteiger partial charge in [0.25, 0.3) is 5.91 Å². The third-order valence-electron chi connectivity index (χ3n) is 5.79. The molecule has 2 saturated heterocycles. The Bertz CT molecular complexity index is 610. The molecule has 124 valence electrons. The molecule has 1 saturated carbocycles. The highest BCUT2D eigenvalue weighted by molar-refractivity contribution is 5.95. The van der Waals surface area contributed by atoms with E-state index in [0.717, 1.165) is 51.1 Å². The van der Waals surface area contributed by atoms with Crippen molar-refractivity contribution in [3.8, 4) is 0 Å². The van der Waals surface area contributed by atoms with Crippen molar-refractivity contribution in [1.29, 1.82) is 0 Å². The third-order valence-corrected chi connectivity index (χ3v) is 5.79. The Balaban J connectivity index is 1.53. The van der Waals surface area contributed by atoms with Crippen molar-refractivity contribution in [3.63, 3.8) is 0 Å². The monoisotopic (exact) mass is 315 g/mol. The van der Waals surface area contributed by atoms with E-state index in [2.05, 4.69) is 16.8 Å². The Labute approximate surface area is 137 Å². The lowest BCUT2D eigenvalue weighted by atomic mass is 9.88. The summed E-state index contributed by atoms with van der Waals surface area (Å²) in [5.74, 6) is 1.61. The van der Waals surface area contributed by atoms with Crippen molar-refractivity contribution in [1.82, 2.24) is 9.88 Å². The highest BCUT2D eigenvalue weighted by atomic mass is 16.3. The van der Waals surface area contributed by atoms with Gasteiger partial charge in [0.15, 0.2) is 0 Å². The number of nitrogens with zero attached hydrogens (tertiary/aromatic N) is 3. The maximum atomic E-state index is 12.6. The Kier molecular flexibility index (Phi) is 3.56. The number of carbonyl (C=O) groups is 1. The molecule has 0 radical (unpaired) electrons. The van der Waals surface area contributed by atoms with Crippen LogP contribution in [0.4, 0.5) is 5.82 Å². The molecule has 3 fully saturated rings. The maximum Gasteiger partial charge on any atom is 0.254 e. The molecule has 3 heterocycles. The van der Waals surface area contributed by atoms with E-state index in [1.807, 2.05) is 11.0 Å². The molecule has 0 unspecified atom stereocenters. The number of hydrogen-bond donors (Lipinski definition) is 1. The number of anilines is 1. The average molecular weight is 315 g/mol. The number of aliphatic hydroxyl groups is 1. The summed E-state index contributed by atoms with van der Waals surface area (Å²) < 4.78 is 0. The molecule has 0 spiro atoms. The molecular weight excluding hydrogens is 290 g/mol. The molecule has 1 aromatic rings. The normalized spacial score (nSPS) is 31.0. The van der Waals surface area contributed by atoms with Gasteiger partial charge in [0.1, 0.15) is 5.82 Å². The van der Waals surface area contributed by atoms with E-state index < -0.39 is 5.60 Å². The number of aromatic nitrogens is 1. The van der Waals surface area contributed by atoms with Gasteiger partial charge in [-0.15, -0.1) is 0 Å². The standard InChI is InChI=1S/C18H25N3O2/c1-13-11-21(12-18(13,23)15-4-5-15)16-10-14(6-7-19-16)17(22)20-8-2-3-9-20/h6-7,10,13,15,23H,2-5,8-9,11-12H2,1H3/t13-,18+/m1/s1. The molecule has 0 aromatic carbocycles. The lowest BCUT2D eigenvalue weighted by molar-refractivity contribution is 0.00281. The van der Waals surface area contributed by atoms with Gasteiger partial charge in [0.05, 0.1) is 5.60 Å². The lowest BCUT2D eigenvalue weighted by Crippen LogP contribution is -2.39. The van der Waals surface area contributed by atoms with Gasteiger partial charge in [-0.2, -0.15) is 0 Å². The van der Waals surface area contributed by atoms with E-state index in [0.29, 0.717) is 18.0 Å². The Morgan fingerprint density at radius 2 is 2.09 bits per heavy atom. The summed E-state index contributed by atoms with van der Waals surface area (Å²) in [6.45, 7) is 5.28. The van der Waals surface area contributed by atoms with Gasteiger partial charge in [0.2, 0.25) is 0 Å². The minimum Gasteiger partial charge on any atom is -0.387 e. The first-order chi connectivity index (χ1) is 11.1. The van der Waals surface area contributed by atoms with Crippen molar-refractivity contribution in [2.75, 3.05) is 31.1 Å². The van der Waals surface area contributed by atoms with E-state index in [1.165, 1.54) is 0 Å². The van der Waals surface area contributed by atoms with Crippen LogP contribution in [0.15, 0.2) is 18.3 Å². The summed E-state index contributed by atoms with van der Waals surface area (Å²) in [6.07, 6.45) is 6.19. The first-order valence-corrected chi connectivity index (χ1v) is 8.80. The number of pyridine rings is 1. The first kappa shape index (κ1) is 14.9. The van der Waals surface area contributed by atoms with Crippen LogP contribution in [0.5, 0.6) is 0 Å². The van der Waals surface area contributed by atoms with Crippen molar-refractivity contribution in [3.05, 3.63) is 23.9 Å². The summed E-state index contributed by atoms with van der Waals surface area (Å²) in [5, 5.41) is 10.9. The zero-order valence-corrected chi connectivity index (χ0v) is 13.7. The number of likely N-dealkylation sites (tertiary alicyclic amines) is 1. The summed E-state index contributed by atoms with van der Waals surface area (Å²) in [5.41, 5.74) is 0.128. The summed E-state index contributed by atoms with van der Waals surface area (Å²) in [4.78, 5) is 21.1. The zero-order chi connectivity index (χ0) is 16.0. The topological polar surface area (TPSA) is 56.7 Å². The van der Waals surface area contributed by atoms with Crippen LogP contribution < -0.4 is 4.90 Å². The Hall–Kier alpha value is -1.62. The number of amides is 1. The molecule has 23 heavy (non-hydrogen) atoms. The molecule has 5 heteroatoms. The van der Waals surface area contributed by atoms with Gasteiger partial charge in [-0.3, -0.25) is 4.79 Å². The van der Waals surface area contributed by atoms with E-state index in [1.54, 1.807) is 12.3 Å². The second-order valence-corrected chi connectivity index (χ2v) is 7.45. The summed E-state index contributed by atoms with van der Waals surface area (Å²) >= 11 is 0. The molecule has 1 amide bonds. The van der Waals surface area contributed by atoms with Crippen molar-refractivity contribution >= 4 is 11.7 Å². The highest BCUT2D eigenvalue weighted by Crippen LogP contribution is 2.47. The number of hydrogen-bond acceptors (Lipinski definition) is 4. The molecule has 2 aliphatic heterocycles. The van der Waals surface area contributed by atoms with Crippen LogP contribution >= 0.6 is 0 Å². The molecule has 5 nitrogen and oxygen atoms in total. The van der Waals surface area contributed by atoms with E-state index in [-0.39, 0.29) is 11.8 Å². The fourth-order valence-corrected chi connectivity index (χ4v) is 4.13. The van der Waals surface area contributed by atoms with Crippen LogP contribution in [0.25, 0.3) is 0 Å². The van der Waals surface area contributed by atoms with Crippen LogP contribution in [0.1, 0.15) is 43.0 Å². The van der Waals surface area contributed by atoms with Crippen LogP contribution in [-0.4, -0.2) is 52.7 Å². The Morgan fingerprint density at radius 1 is 1.35 bits per heavy atom. The summed E-state index contributed by atoms with van der Waals surface area (Å²) in [7, 11) is 0. The maximum absolute atomic E-state index is 12.6. The van der Waals surface area contributed by atoms with Gasteiger partial charge in [-0.1, -0.05) is 6.92 Å². The number of β-amino-alcohol motifs (C(OH)–C–C–N with tert-alkyl or cyclic N) is 1. The van der Waals surface area contributed by atoms with Crippen molar-refractivity contribution < 1.29 is 9.90 Å². The molecule has 4 rings (SSSR count). The fraction of sp³-hybridized carbons (Fsp3) is 0.667. The average Bonchev–Trinajstić information content (AvgIpc) is 3.20. The molecule has 1 aliphatic carbocycles. The largest absolute Gasteiger partial charge is 0.387 e. The van der Waals surface area contributed by atoms with Crippen LogP contribution in [-0.2, 0) is 0 Å². The second-order valence-electron chi connectivity index (χ2n) is 7.45. The Morgan fingerprint density at radius 3 is 2.78 bits per heavy atom. The summed E-state index contributed by atoms with van der Waals surface area (Å²) in [6, 6.07) is 3.70. The molecule has 1 N–H and O–H groups in total. The van der Waals surface area contributed by atoms with Crippen LogP contribution in [0.3, 0.4) is 0 Å². The minimum atomic E-state index is -0.587. The number of carbonyl (C=O) groups excluding carboxylic acids is 1. The molecule has 2 atom stereocenters. The third kappa shape index (κ3) is 2.61. The quantitative estimate of drug-likeness (QED) is 0.926. The van der Waals surface area contributed by atoms with E-state index >= 15 is 0 Å². The SMILES string of the molecule is C[C@@H]1CN(c2cc(C(=O)N3CCCC3)ccn2)C[C@@]1(O)C1CC1. The second kappa shape index (κ2) is 5.48. The van der Waals surface area contributed by atoms with Crippen molar-refractivity contribution in [2.24, 2.45) is 11.8 Å². The van der Waals surface area contributed by atoms with Gasteiger partial charge in [0, 0.05) is 43.9 Å². The van der Waals surface area contributed by atoms with Gasteiger partial charge in [-0.05, 0) is 43.7 Å². The smallest absolute Gasteiger partial charge is 0.254 e. The number of rotatable bonds is 3.